The number of hydrogen-bond acceptors (Lipinski definition) is 6. The second kappa shape index (κ2) is 13.2. The SMILES string of the molecule is COC(=O)C(C)(C)c1nc2n(Cc3ccccc3F)c(C)c(-c3cccc(OC)c3)c(=O)n2c1CN1CCC(c2ccccc2)CC1. The smallest absolute Gasteiger partial charge is 0.317 e. The van der Waals surface area contributed by atoms with E-state index >= 15 is 4.39 Å². The Morgan fingerprint density at radius 1 is 0.957 bits per heavy atom. The molecule has 9 heteroatoms. The summed E-state index contributed by atoms with van der Waals surface area (Å²) in [6.07, 6.45) is 1.95. The highest BCUT2D eigenvalue weighted by atomic mass is 19.1. The van der Waals surface area contributed by atoms with Gasteiger partial charge in [0.15, 0.2) is 0 Å². The van der Waals surface area contributed by atoms with Crippen LogP contribution in [0.4, 0.5) is 4.39 Å². The van der Waals surface area contributed by atoms with Crippen molar-refractivity contribution in [2.24, 2.45) is 0 Å². The first-order chi connectivity index (χ1) is 22.6. The third kappa shape index (κ3) is 6.07. The van der Waals surface area contributed by atoms with Crippen molar-refractivity contribution in [1.29, 1.82) is 0 Å². The van der Waals surface area contributed by atoms with E-state index in [-0.39, 0.29) is 17.9 Å². The molecule has 8 nitrogen and oxygen atoms in total. The maximum Gasteiger partial charge on any atom is 0.317 e. The largest absolute Gasteiger partial charge is 0.497 e. The van der Waals surface area contributed by atoms with Gasteiger partial charge in [0.1, 0.15) is 17.0 Å². The topological polar surface area (TPSA) is 78.1 Å². The Kier molecular flexibility index (Phi) is 9.01. The molecule has 1 saturated heterocycles. The summed E-state index contributed by atoms with van der Waals surface area (Å²) < 4.78 is 29.4. The summed E-state index contributed by atoms with van der Waals surface area (Å²) in [6, 6.07) is 24.5. The van der Waals surface area contributed by atoms with Crippen molar-refractivity contribution >= 4 is 11.7 Å². The van der Waals surface area contributed by atoms with Crippen molar-refractivity contribution in [3.63, 3.8) is 0 Å². The first-order valence-corrected chi connectivity index (χ1v) is 16.0. The van der Waals surface area contributed by atoms with E-state index in [0.717, 1.165) is 25.9 Å². The van der Waals surface area contributed by atoms with Crippen LogP contribution < -0.4 is 10.3 Å². The van der Waals surface area contributed by atoms with Gasteiger partial charge in [-0.3, -0.25) is 14.5 Å². The normalized spacial score (nSPS) is 14.4. The lowest BCUT2D eigenvalue weighted by molar-refractivity contribution is -0.146. The molecule has 244 valence electrons. The lowest BCUT2D eigenvalue weighted by Gasteiger charge is -2.32. The molecule has 0 saturated carbocycles. The van der Waals surface area contributed by atoms with E-state index in [1.165, 1.54) is 18.7 Å². The fourth-order valence-corrected chi connectivity index (χ4v) is 6.84. The van der Waals surface area contributed by atoms with Crippen LogP contribution in [0, 0.1) is 12.7 Å². The Bertz CT molecular complexity index is 1970. The van der Waals surface area contributed by atoms with E-state index in [4.69, 9.17) is 14.5 Å². The van der Waals surface area contributed by atoms with Crippen LogP contribution in [0.25, 0.3) is 16.9 Å². The maximum atomic E-state index is 15.1. The molecule has 0 atom stereocenters. The number of fused-ring (bicyclic) bond motifs is 1. The third-order valence-corrected chi connectivity index (χ3v) is 9.54. The number of benzene rings is 3. The molecule has 47 heavy (non-hydrogen) atoms. The molecule has 3 heterocycles. The van der Waals surface area contributed by atoms with Crippen LogP contribution in [0.2, 0.25) is 0 Å². The van der Waals surface area contributed by atoms with E-state index in [1.54, 1.807) is 43.6 Å². The predicted octanol–water partition coefficient (Wildman–Crippen LogP) is 6.50. The highest BCUT2D eigenvalue weighted by molar-refractivity contribution is 5.82. The first kappa shape index (κ1) is 32.2. The quantitative estimate of drug-likeness (QED) is 0.172. The van der Waals surface area contributed by atoms with Crippen LogP contribution in [-0.4, -0.2) is 52.1 Å². The van der Waals surface area contributed by atoms with Crippen LogP contribution in [0.15, 0.2) is 83.7 Å². The van der Waals surface area contributed by atoms with E-state index < -0.39 is 11.4 Å². The minimum absolute atomic E-state index is 0.135. The van der Waals surface area contributed by atoms with Crippen molar-refractivity contribution in [2.45, 2.75) is 58.0 Å². The van der Waals surface area contributed by atoms with Gasteiger partial charge in [-0.25, -0.2) is 13.8 Å². The van der Waals surface area contributed by atoms with Gasteiger partial charge in [0.05, 0.1) is 37.7 Å². The number of halogens is 1. The van der Waals surface area contributed by atoms with Gasteiger partial charge >= 0.3 is 5.97 Å². The molecule has 0 N–H and O–H groups in total. The molecule has 0 amide bonds. The van der Waals surface area contributed by atoms with Crippen LogP contribution in [0.5, 0.6) is 5.75 Å². The molecule has 3 aromatic carbocycles. The molecule has 0 aliphatic carbocycles. The third-order valence-electron chi connectivity index (χ3n) is 9.54. The van der Waals surface area contributed by atoms with Crippen molar-refractivity contribution in [3.05, 3.63) is 123 Å². The van der Waals surface area contributed by atoms with Gasteiger partial charge < -0.3 is 14.0 Å². The number of nitrogens with zero attached hydrogens (tertiary/aromatic N) is 4. The van der Waals surface area contributed by atoms with Crippen molar-refractivity contribution in [2.75, 3.05) is 27.3 Å². The highest BCUT2D eigenvalue weighted by Gasteiger charge is 2.39. The first-order valence-electron chi connectivity index (χ1n) is 16.0. The number of ether oxygens (including phenoxy) is 2. The van der Waals surface area contributed by atoms with Gasteiger partial charge in [0.2, 0.25) is 5.78 Å². The van der Waals surface area contributed by atoms with Crippen molar-refractivity contribution < 1.29 is 18.7 Å². The Morgan fingerprint density at radius 3 is 2.34 bits per heavy atom. The molecule has 0 unspecified atom stereocenters. The Labute approximate surface area is 274 Å². The molecule has 0 bridgehead atoms. The zero-order valence-corrected chi connectivity index (χ0v) is 27.6. The molecule has 1 aliphatic heterocycles. The minimum Gasteiger partial charge on any atom is -0.497 e. The summed E-state index contributed by atoms with van der Waals surface area (Å²) in [4.78, 5) is 35.4. The average molecular weight is 637 g/mol. The standard InChI is InChI=1S/C38H41FN4O4/c1-25-33(28-15-11-16-30(22-28)46-4)35(44)43-32(24-41-20-18-27(19-21-41)26-12-7-6-8-13-26)34(38(2,3)36(45)47-5)40-37(43)42(25)23-29-14-9-10-17-31(29)39/h6-17,22,27H,18-21,23-24H2,1-5H3. The van der Waals surface area contributed by atoms with Gasteiger partial charge in [-0.1, -0.05) is 60.7 Å². The zero-order chi connectivity index (χ0) is 33.3. The molecular formula is C38H41FN4O4. The van der Waals surface area contributed by atoms with Gasteiger partial charge in [-0.2, -0.15) is 0 Å². The predicted molar refractivity (Wildman–Crippen MR) is 180 cm³/mol. The fraction of sp³-hybridized carbons (Fsp3) is 0.342. The number of piperidine rings is 1. The molecular weight excluding hydrogens is 595 g/mol. The second-order valence-corrected chi connectivity index (χ2v) is 12.8. The van der Waals surface area contributed by atoms with Crippen molar-refractivity contribution in [1.82, 2.24) is 18.9 Å². The van der Waals surface area contributed by atoms with Crippen molar-refractivity contribution in [3.8, 4) is 16.9 Å². The summed E-state index contributed by atoms with van der Waals surface area (Å²) in [5, 5.41) is 0. The summed E-state index contributed by atoms with van der Waals surface area (Å²) >= 11 is 0. The monoisotopic (exact) mass is 636 g/mol. The van der Waals surface area contributed by atoms with E-state index in [0.29, 0.717) is 57.8 Å². The number of rotatable bonds is 9. The van der Waals surface area contributed by atoms with E-state index in [9.17, 15) is 9.59 Å². The summed E-state index contributed by atoms with van der Waals surface area (Å²) in [5.74, 6) is 0.615. The number of hydrogen-bond donors (Lipinski definition) is 0. The number of likely N-dealkylation sites (tertiary alicyclic amines) is 1. The van der Waals surface area contributed by atoms with Crippen LogP contribution in [0.1, 0.15) is 60.8 Å². The number of aromatic nitrogens is 3. The molecule has 2 aromatic heterocycles. The van der Waals surface area contributed by atoms with Gasteiger partial charge in [-0.15, -0.1) is 0 Å². The Hall–Kier alpha value is -4.76. The van der Waals surface area contributed by atoms with Crippen LogP contribution in [0.3, 0.4) is 0 Å². The fourth-order valence-electron chi connectivity index (χ4n) is 6.84. The summed E-state index contributed by atoms with van der Waals surface area (Å²) in [5.41, 5.74) is 3.23. The lowest BCUT2D eigenvalue weighted by atomic mass is 9.87. The zero-order valence-electron chi connectivity index (χ0n) is 27.6. The van der Waals surface area contributed by atoms with Gasteiger partial charge in [-0.05, 0) is 81.9 Å². The molecule has 0 radical (unpaired) electrons. The van der Waals surface area contributed by atoms with Gasteiger partial charge in [0, 0.05) is 17.8 Å². The number of carbonyl (C=O) groups excluding carboxylic acids is 1. The number of methoxy groups -OCH3 is 2. The maximum absolute atomic E-state index is 15.1. The number of carbonyl (C=O) groups is 1. The van der Waals surface area contributed by atoms with E-state index in [2.05, 4.69) is 29.2 Å². The summed E-state index contributed by atoms with van der Waals surface area (Å²) in [6.45, 7) is 7.58. The lowest BCUT2D eigenvalue weighted by Crippen LogP contribution is -2.37. The minimum atomic E-state index is -1.16. The van der Waals surface area contributed by atoms with Crippen LogP contribution >= 0.6 is 0 Å². The number of imidazole rings is 1. The van der Waals surface area contributed by atoms with Gasteiger partial charge in [0.25, 0.3) is 5.56 Å². The Morgan fingerprint density at radius 2 is 1.66 bits per heavy atom. The van der Waals surface area contributed by atoms with E-state index in [1.807, 2.05) is 41.8 Å². The van der Waals surface area contributed by atoms with Crippen LogP contribution in [-0.2, 0) is 28.0 Å². The Balaban J connectivity index is 1.56. The molecule has 5 aromatic rings. The summed E-state index contributed by atoms with van der Waals surface area (Å²) in [7, 11) is 2.94. The highest BCUT2D eigenvalue weighted by Crippen LogP contribution is 2.34. The molecule has 6 rings (SSSR count). The second-order valence-electron chi connectivity index (χ2n) is 12.8. The molecule has 0 spiro atoms. The molecule has 1 fully saturated rings. The number of esters is 1. The average Bonchev–Trinajstić information content (AvgIpc) is 3.48. The molecule has 1 aliphatic rings.